The van der Waals surface area contributed by atoms with Crippen LogP contribution in [0.15, 0.2) is 48.8 Å². The van der Waals surface area contributed by atoms with Gasteiger partial charge in [0.2, 0.25) is 0 Å². The van der Waals surface area contributed by atoms with E-state index in [1.54, 1.807) is 31.4 Å². The molecule has 1 aromatic heterocycles. The molecule has 1 aromatic carbocycles. The molecule has 0 N–H and O–H groups in total. The molecule has 0 bridgehead atoms. The van der Waals surface area contributed by atoms with Crippen molar-refractivity contribution in [3.05, 3.63) is 59.9 Å². The zero-order valence-corrected chi connectivity index (χ0v) is 11.7. The van der Waals surface area contributed by atoms with Crippen molar-refractivity contribution in [2.45, 2.75) is 12.6 Å². The first-order chi connectivity index (χ1) is 10.2. The largest absolute Gasteiger partial charge is 0.382 e. The third-order valence-electron chi connectivity index (χ3n) is 3.64. The molecule has 0 aliphatic carbocycles. The van der Waals surface area contributed by atoms with Gasteiger partial charge in [-0.05, 0) is 24.3 Å². The molecule has 5 heteroatoms. The summed E-state index contributed by atoms with van der Waals surface area (Å²) in [7, 11) is 1.57. The molecule has 0 radical (unpaired) electrons. The third-order valence-corrected chi connectivity index (χ3v) is 3.64. The van der Waals surface area contributed by atoms with Crippen LogP contribution in [0.4, 0.5) is 0 Å². The number of amides is 2. The minimum atomic E-state index is -0.324. The Labute approximate surface area is 122 Å². The number of hydrogen-bond donors (Lipinski definition) is 0. The fourth-order valence-electron chi connectivity index (χ4n) is 2.68. The Hall–Kier alpha value is -2.40. The molecule has 2 aromatic rings. The van der Waals surface area contributed by atoms with Crippen LogP contribution in [0.25, 0.3) is 0 Å². The SMILES string of the molecule is COC[C@@H](Cn1cccc1)N1C(=O)c2ccccc2C1=O. The van der Waals surface area contributed by atoms with Crippen molar-refractivity contribution in [2.24, 2.45) is 0 Å². The summed E-state index contributed by atoms with van der Waals surface area (Å²) in [6.07, 6.45) is 3.81. The number of ether oxygens (including phenoxy) is 1. The van der Waals surface area contributed by atoms with E-state index in [4.69, 9.17) is 4.74 Å². The summed E-state index contributed by atoms with van der Waals surface area (Å²) in [6.45, 7) is 0.829. The summed E-state index contributed by atoms with van der Waals surface area (Å²) in [4.78, 5) is 26.3. The van der Waals surface area contributed by atoms with Crippen molar-refractivity contribution in [1.82, 2.24) is 9.47 Å². The summed E-state index contributed by atoms with van der Waals surface area (Å²) < 4.78 is 7.14. The van der Waals surface area contributed by atoms with E-state index < -0.39 is 0 Å². The third kappa shape index (κ3) is 2.36. The summed E-state index contributed by atoms with van der Waals surface area (Å²) in [5.74, 6) is -0.491. The van der Waals surface area contributed by atoms with Crippen LogP contribution in [0, 0.1) is 0 Å². The number of hydrogen-bond acceptors (Lipinski definition) is 3. The highest BCUT2D eigenvalue weighted by atomic mass is 16.5. The average Bonchev–Trinajstić information content (AvgIpc) is 3.08. The van der Waals surface area contributed by atoms with Crippen molar-refractivity contribution in [2.75, 3.05) is 13.7 Å². The molecule has 2 amide bonds. The van der Waals surface area contributed by atoms with Gasteiger partial charge in [0.1, 0.15) is 0 Å². The minimum absolute atomic E-state index is 0.246. The van der Waals surface area contributed by atoms with Gasteiger partial charge in [0.15, 0.2) is 0 Å². The Balaban J connectivity index is 1.90. The normalized spacial score (nSPS) is 15.4. The molecule has 2 heterocycles. The summed E-state index contributed by atoms with van der Waals surface area (Å²) in [6, 6.07) is 10.4. The Kier molecular flexibility index (Phi) is 3.58. The monoisotopic (exact) mass is 284 g/mol. The molecule has 0 fully saturated rings. The van der Waals surface area contributed by atoms with Crippen LogP contribution in [0.3, 0.4) is 0 Å². The fraction of sp³-hybridized carbons (Fsp3) is 0.250. The number of rotatable bonds is 5. The smallest absolute Gasteiger partial charge is 0.261 e. The van der Waals surface area contributed by atoms with E-state index in [-0.39, 0.29) is 17.9 Å². The zero-order valence-electron chi connectivity index (χ0n) is 11.7. The van der Waals surface area contributed by atoms with Crippen LogP contribution in [-0.2, 0) is 11.3 Å². The van der Waals surface area contributed by atoms with Crippen molar-refractivity contribution in [3.8, 4) is 0 Å². The van der Waals surface area contributed by atoms with Gasteiger partial charge in [0, 0.05) is 26.0 Å². The predicted molar refractivity (Wildman–Crippen MR) is 77.0 cm³/mol. The molecule has 0 spiro atoms. The molecule has 0 saturated heterocycles. The van der Waals surface area contributed by atoms with Gasteiger partial charge < -0.3 is 9.30 Å². The van der Waals surface area contributed by atoms with Crippen molar-refractivity contribution in [3.63, 3.8) is 0 Å². The van der Waals surface area contributed by atoms with E-state index in [1.165, 1.54) is 4.90 Å². The Bertz CT molecular complexity index is 629. The van der Waals surface area contributed by atoms with Crippen LogP contribution < -0.4 is 0 Å². The highest BCUT2D eigenvalue weighted by Crippen LogP contribution is 2.25. The van der Waals surface area contributed by atoms with E-state index in [1.807, 2.05) is 29.1 Å². The fourth-order valence-corrected chi connectivity index (χ4v) is 2.68. The topological polar surface area (TPSA) is 51.5 Å². The number of carbonyl (C=O) groups excluding carboxylic acids is 2. The standard InChI is InChI=1S/C16H16N2O3/c1-21-11-12(10-17-8-4-5-9-17)18-15(19)13-6-2-3-7-14(13)16(18)20/h2-9,12H,10-11H2,1H3/t12-/m1/s1. The number of benzene rings is 1. The Morgan fingerprint density at radius 2 is 1.57 bits per heavy atom. The average molecular weight is 284 g/mol. The van der Waals surface area contributed by atoms with Gasteiger partial charge in [-0.2, -0.15) is 0 Å². The molecule has 1 atom stereocenters. The van der Waals surface area contributed by atoms with Gasteiger partial charge in [-0.1, -0.05) is 12.1 Å². The molecule has 0 saturated carbocycles. The number of fused-ring (bicyclic) bond motifs is 1. The number of nitrogens with zero attached hydrogens (tertiary/aromatic N) is 2. The Morgan fingerprint density at radius 1 is 1.00 bits per heavy atom. The minimum Gasteiger partial charge on any atom is -0.382 e. The second-order valence-corrected chi connectivity index (χ2v) is 5.01. The molecule has 3 rings (SSSR count). The van der Waals surface area contributed by atoms with Crippen LogP contribution in [-0.4, -0.2) is 41.0 Å². The highest BCUT2D eigenvalue weighted by Gasteiger charge is 2.39. The second-order valence-electron chi connectivity index (χ2n) is 5.01. The first-order valence-electron chi connectivity index (χ1n) is 6.79. The molecular formula is C16H16N2O3. The van der Waals surface area contributed by atoms with Gasteiger partial charge in [0.25, 0.3) is 11.8 Å². The maximum absolute atomic E-state index is 12.5. The van der Waals surface area contributed by atoms with Gasteiger partial charge in [-0.3, -0.25) is 14.5 Å². The lowest BCUT2D eigenvalue weighted by molar-refractivity contribution is 0.0445. The summed E-state index contributed by atoms with van der Waals surface area (Å²) in [5.41, 5.74) is 0.937. The summed E-state index contributed by atoms with van der Waals surface area (Å²) in [5, 5.41) is 0. The number of carbonyl (C=O) groups is 2. The molecule has 1 aliphatic heterocycles. The van der Waals surface area contributed by atoms with Gasteiger partial charge in [-0.25, -0.2) is 0 Å². The van der Waals surface area contributed by atoms with Crippen LogP contribution in [0.2, 0.25) is 0 Å². The molecule has 5 nitrogen and oxygen atoms in total. The molecular weight excluding hydrogens is 268 g/mol. The van der Waals surface area contributed by atoms with Gasteiger partial charge in [0.05, 0.1) is 23.8 Å². The number of aromatic nitrogens is 1. The second kappa shape index (κ2) is 5.54. The van der Waals surface area contributed by atoms with Crippen molar-refractivity contribution in [1.29, 1.82) is 0 Å². The lowest BCUT2D eigenvalue weighted by atomic mass is 10.1. The first kappa shape index (κ1) is 13.6. The first-order valence-corrected chi connectivity index (χ1v) is 6.79. The summed E-state index contributed by atoms with van der Waals surface area (Å²) >= 11 is 0. The maximum atomic E-state index is 12.5. The molecule has 1 aliphatic rings. The lowest BCUT2D eigenvalue weighted by Crippen LogP contribution is -2.44. The quantitative estimate of drug-likeness (QED) is 0.787. The lowest BCUT2D eigenvalue weighted by Gasteiger charge is -2.26. The van der Waals surface area contributed by atoms with Crippen LogP contribution in [0.1, 0.15) is 20.7 Å². The molecule has 108 valence electrons. The van der Waals surface area contributed by atoms with Crippen LogP contribution >= 0.6 is 0 Å². The van der Waals surface area contributed by atoms with E-state index >= 15 is 0 Å². The van der Waals surface area contributed by atoms with Crippen LogP contribution in [0.5, 0.6) is 0 Å². The molecule has 21 heavy (non-hydrogen) atoms. The van der Waals surface area contributed by atoms with E-state index in [2.05, 4.69) is 0 Å². The van der Waals surface area contributed by atoms with Gasteiger partial charge in [-0.15, -0.1) is 0 Å². The maximum Gasteiger partial charge on any atom is 0.261 e. The van der Waals surface area contributed by atoms with E-state index in [0.717, 1.165) is 0 Å². The van der Waals surface area contributed by atoms with Crippen molar-refractivity contribution < 1.29 is 14.3 Å². The Morgan fingerprint density at radius 3 is 2.10 bits per heavy atom. The van der Waals surface area contributed by atoms with E-state index in [0.29, 0.717) is 24.3 Å². The van der Waals surface area contributed by atoms with Crippen molar-refractivity contribution >= 4 is 11.8 Å². The molecule has 0 unspecified atom stereocenters. The zero-order chi connectivity index (χ0) is 14.8. The van der Waals surface area contributed by atoms with E-state index in [9.17, 15) is 9.59 Å². The number of methoxy groups -OCH3 is 1. The predicted octanol–water partition coefficient (Wildman–Crippen LogP) is 1.80. The van der Waals surface area contributed by atoms with Gasteiger partial charge >= 0.3 is 0 Å². The highest BCUT2D eigenvalue weighted by molar-refractivity contribution is 6.21. The number of imide groups is 1.